The van der Waals surface area contributed by atoms with Gasteiger partial charge in [0.15, 0.2) is 0 Å². The van der Waals surface area contributed by atoms with Crippen LogP contribution in [0, 0.1) is 11.3 Å². The Labute approximate surface area is 102 Å². The molecule has 2 aromatic heterocycles. The van der Waals surface area contributed by atoms with Gasteiger partial charge < -0.3 is 0 Å². The first-order chi connectivity index (χ1) is 8.70. The third kappa shape index (κ3) is 2.52. The first-order valence-electron chi connectivity index (χ1n) is 5.33. The summed E-state index contributed by atoms with van der Waals surface area (Å²) < 4.78 is 1.31. The van der Waals surface area contributed by atoms with E-state index in [1.165, 1.54) is 10.8 Å². The molecule has 0 saturated heterocycles. The largest absolute Gasteiger partial charge is 0.328 e. The van der Waals surface area contributed by atoms with Crippen molar-refractivity contribution in [3.63, 3.8) is 0 Å². The van der Waals surface area contributed by atoms with Crippen LogP contribution in [-0.2, 0) is 13.0 Å². The van der Waals surface area contributed by atoms with Gasteiger partial charge >= 0.3 is 5.69 Å². The van der Waals surface area contributed by atoms with Crippen molar-refractivity contribution in [1.82, 2.24) is 14.5 Å². The normalized spacial score (nSPS) is 9.94. The topological polar surface area (TPSA) is 91.5 Å². The Hall–Kier alpha value is -2.68. The van der Waals surface area contributed by atoms with Gasteiger partial charge in [0.25, 0.3) is 5.56 Å². The summed E-state index contributed by atoms with van der Waals surface area (Å²) in [6, 6.07) is 5.45. The van der Waals surface area contributed by atoms with Crippen LogP contribution in [0.4, 0.5) is 0 Å². The molecule has 0 spiro atoms. The highest BCUT2D eigenvalue weighted by Crippen LogP contribution is 1.98. The summed E-state index contributed by atoms with van der Waals surface area (Å²) >= 11 is 0. The summed E-state index contributed by atoms with van der Waals surface area (Å²) in [6.07, 6.45) is 5.26. The van der Waals surface area contributed by atoms with Gasteiger partial charge in [0.2, 0.25) is 0 Å². The third-order valence-corrected chi connectivity index (χ3v) is 2.50. The summed E-state index contributed by atoms with van der Waals surface area (Å²) in [4.78, 5) is 28.8. The van der Waals surface area contributed by atoms with Gasteiger partial charge in [-0.2, -0.15) is 5.26 Å². The van der Waals surface area contributed by atoms with Crippen LogP contribution in [0.2, 0.25) is 0 Å². The molecule has 2 aromatic rings. The second-order valence-corrected chi connectivity index (χ2v) is 3.72. The lowest BCUT2D eigenvalue weighted by molar-refractivity contribution is 0.642. The van der Waals surface area contributed by atoms with Crippen LogP contribution in [0.1, 0.15) is 11.1 Å². The van der Waals surface area contributed by atoms with Crippen LogP contribution in [0.15, 0.2) is 40.3 Å². The van der Waals surface area contributed by atoms with E-state index in [4.69, 9.17) is 5.26 Å². The summed E-state index contributed by atoms with van der Waals surface area (Å²) in [5, 5.41) is 8.72. The summed E-state index contributed by atoms with van der Waals surface area (Å²) in [7, 11) is 0. The van der Waals surface area contributed by atoms with Crippen LogP contribution in [0.25, 0.3) is 0 Å². The molecule has 0 bridgehead atoms. The van der Waals surface area contributed by atoms with Crippen LogP contribution in [0.5, 0.6) is 0 Å². The standard InChI is InChI=1S/C12H10N4O2/c13-6-10-8-16(12(18)15-11(10)17)5-3-9-2-1-4-14-7-9/h1-2,4,7-8H,3,5H2,(H,15,17,18). The van der Waals surface area contributed by atoms with Crippen LogP contribution >= 0.6 is 0 Å². The molecule has 90 valence electrons. The highest BCUT2D eigenvalue weighted by molar-refractivity contribution is 5.21. The number of nitrogens with one attached hydrogen (secondary N) is 1. The summed E-state index contributed by atoms with van der Waals surface area (Å²) in [5.41, 5.74) is -0.252. The second-order valence-electron chi connectivity index (χ2n) is 3.72. The zero-order chi connectivity index (χ0) is 13.0. The van der Waals surface area contributed by atoms with Crippen molar-refractivity contribution in [1.29, 1.82) is 5.26 Å². The molecule has 6 nitrogen and oxygen atoms in total. The Morgan fingerprint density at radius 2 is 2.28 bits per heavy atom. The molecule has 0 aromatic carbocycles. The van der Waals surface area contributed by atoms with Gasteiger partial charge in [-0.25, -0.2) is 4.79 Å². The van der Waals surface area contributed by atoms with Crippen molar-refractivity contribution in [2.24, 2.45) is 0 Å². The number of hydrogen-bond donors (Lipinski definition) is 1. The quantitative estimate of drug-likeness (QED) is 0.822. The molecular weight excluding hydrogens is 232 g/mol. The Morgan fingerprint density at radius 1 is 1.44 bits per heavy atom. The predicted molar refractivity (Wildman–Crippen MR) is 64.0 cm³/mol. The lowest BCUT2D eigenvalue weighted by atomic mass is 10.2. The molecule has 0 unspecified atom stereocenters. The lowest BCUT2D eigenvalue weighted by Crippen LogP contribution is -2.31. The number of rotatable bonds is 3. The SMILES string of the molecule is N#Cc1cn(CCc2cccnc2)c(=O)[nH]c1=O. The van der Waals surface area contributed by atoms with Gasteiger partial charge in [0.1, 0.15) is 11.6 Å². The maximum absolute atomic E-state index is 11.5. The Bertz CT molecular complexity index is 694. The van der Waals surface area contributed by atoms with Gasteiger partial charge in [0.05, 0.1) is 0 Å². The minimum Gasteiger partial charge on any atom is -0.299 e. The number of pyridine rings is 1. The Kier molecular flexibility index (Phi) is 3.34. The fraction of sp³-hybridized carbons (Fsp3) is 0.167. The molecule has 0 atom stereocenters. The average Bonchev–Trinajstić information content (AvgIpc) is 2.39. The van der Waals surface area contributed by atoms with Crippen molar-refractivity contribution in [3.8, 4) is 6.07 Å². The second kappa shape index (κ2) is 5.10. The predicted octanol–water partition coefficient (Wildman–Crippen LogP) is 0.0460. The number of aromatic nitrogens is 3. The fourth-order valence-electron chi connectivity index (χ4n) is 1.55. The molecule has 0 saturated carbocycles. The van der Waals surface area contributed by atoms with Crippen LogP contribution < -0.4 is 11.2 Å². The van der Waals surface area contributed by atoms with Gasteiger partial charge in [-0.1, -0.05) is 6.07 Å². The molecule has 0 aliphatic heterocycles. The molecule has 0 radical (unpaired) electrons. The maximum Gasteiger partial charge on any atom is 0.328 e. The molecule has 0 amide bonds. The third-order valence-electron chi connectivity index (χ3n) is 2.50. The van der Waals surface area contributed by atoms with E-state index in [1.54, 1.807) is 18.5 Å². The van der Waals surface area contributed by atoms with Crippen LogP contribution in [-0.4, -0.2) is 14.5 Å². The molecule has 6 heteroatoms. The molecule has 0 aliphatic carbocycles. The van der Waals surface area contributed by atoms with Crippen molar-refractivity contribution in [2.75, 3.05) is 0 Å². The number of nitrogens with zero attached hydrogens (tertiary/aromatic N) is 3. The number of aryl methyl sites for hydroxylation is 2. The van der Waals surface area contributed by atoms with Crippen molar-refractivity contribution < 1.29 is 0 Å². The van der Waals surface area contributed by atoms with Gasteiger partial charge in [-0.15, -0.1) is 0 Å². The number of nitriles is 1. The molecule has 2 heterocycles. The van der Waals surface area contributed by atoms with Crippen molar-refractivity contribution in [2.45, 2.75) is 13.0 Å². The van der Waals surface area contributed by atoms with Crippen LogP contribution in [0.3, 0.4) is 0 Å². The molecular formula is C12H10N4O2. The first kappa shape index (κ1) is 11.8. The van der Waals surface area contributed by atoms with E-state index in [9.17, 15) is 9.59 Å². The van der Waals surface area contributed by atoms with Crippen molar-refractivity contribution in [3.05, 3.63) is 62.7 Å². The monoisotopic (exact) mass is 242 g/mol. The molecule has 0 aliphatic rings. The smallest absolute Gasteiger partial charge is 0.299 e. The molecule has 1 N–H and O–H groups in total. The molecule has 18 heavy (non-hydrogen) atoms. The highest BCUT2D eigenvalue weighted by Gasteiger charge is 2.03. The fourth-order valence-corrected chi connectivity index (χ4v) is 1.55. The minimum absolute atomic E-state index is 0.0687. The zero-order valence-corrected chi connectivity index (χ0v) is 9.46. The minimum atomic E-state index is -0.653. The maximum atomic E-state index is 11.5. The highest BCUT2D eigenvalue weighted by atomic mass is 16.2. The van der Waals surface area contributed by atoms with Gasteiger partial charge in [-0.3, -0.25) is 19.3 Å². The van der Waals surface area contributed by atoms with Gasteiger partial charge in [0, 0.05) is 25.1 Å². The van der Waals surface area contributed by atoms with E-state index in [0.29, 0.717) is 13.0 Å². The molecule has 2 rings (SSSR count). The zero-order valence-electron chi connectivity index (χ0n) is 9.46. The number of hydrogen-bond acceptors (Lipinski definition) is 4. The van der Waals surface area contributed by atoms with Gasteiger partial charge in [-0.05, 0) is 18.1 Å². The van der Waals surface area contributed by atoms with E-state index >= 15 is 0 Å². The summed E-state index contributed by atoms with van der Waals surface area (Å²) in [5.74, 6) is 0. The lowest BCUT2D eigenvalue weighted by Gasteiger charge is -2.04. The van der Waals surface area contributed by atoms with E-state index in [1.807, 2.05) is 12.1 Å². The number of H-pyrrole nitrogens is 1. The molecule has 0 fully saturated rings. The Morgan fingerprint density at radius 3 is 2.94 bits per heavy atom. The van der Waals surface area contributed by atoms with E-state index in [-0.39, 0.29) is 5.56 Å². The first-order valence-corrected chi connectivity index (χ1v) is 5.33. The average molecular weight is 242 g/mol. The summed E-state index contributed by atoms with van der Waals surface area (Å²) in [6.45, 7) is 0.385. The van der Waals surface area contributed by atoms with E-state index in [2.05, 4.69) is 9.97 Å². The Balaban J connectivity index is 2.23. The number of aromatic amines is 1. The van der Waals surface area contributed by atoms with E-state index < -0.39 is 11.2 Å². The van der Waals surface area contributed by atoms with Crippen molar-refractivity contribution >= 4 is 0 Å². The van der Waals surface area contributed by atoms with E-state index in [0.717, 1.165) is 5.56 Å².